The molecule has 0 unspecified atom stereocenters. The van der Waals surface area contributed by atoms with Gasteiger partial charge in [-0.05, 0) is 56.4 Å². The van der Waals surface area contributed by atoms with E-state index < -0.39 is 35.1 Å². The highest BCUT2D eigenvalue weighted by Crippen LogP contribution is 2.26. The van der Waals surface area contributed by atoms with E-state index in [1.54, 1.807) is 37.4 Å². The van der Waals surface area contributed by atoms with E-state index in [0.717, 1.165) is 16.0 Å². The molecule has 5 amide bonds. The third-order valence-corrected chi connectivity index (χ3v) is 8.41. The molecule has 2 rings (SSSR count). The molecule has 1 aliphatic heterocycles. The number of carbonyl (C=O) groups excluding carboxylic acids is 5. The highest BCUT2D eigenvalue weighted by atomic mass is 32.2. The summed E-state index contributed by atoms with van der Waals surface area (Å²) in [5.74, 6) is -1.27. The number of likely N-dealkylation sites (tertiary alicyclic amines) is 1. The van der Waals surface area contributed by atoms with Crippen molar-refractivity contribution in [1.82, 2.24) is 26.2 Å². The second kappa shape index (κ2) is 20.9. The first-order valence-corrected chi connectivity index (χ1v) is 18.3. The summed E-state index contributed by atoms with van der Waals surface area (Å²) in [6, 6.07) is 6.34. The minimum atomic E-state index is -0.868. The zero-order valence-electron chi connectivity index (χ0n) is 30.8. The van der Waals surface area contributed by atoms with Crippen LogP contribution in [-0.2, 0) is 39.9 Å². The predicted octanol–water partition coefficient (Wildman–Crippen LogP) is 3.61. The first-order valence-electron chi connectivity index (χ1n) is 17.1. The summed E-state index contributed by atoms with van der Waals surface area (Å²) < 4.78 is 16.0. The normalized spacial score (nSPS) is 15.2. The van der Waals surface area contributed by atoms with Crippen LogP contribution in [0.2, 0.25) is 0 Å². The average molecular weight is 720 g/mol. The molecule has 4 N–H and O–H groups in total. The van der Waals surface area contributed by atoms with Crippen LogP contribution in [0.3, 0.4) is 0 Å². The maximum Gasteiger partial charge on any atom is 0.407 e. The van der Waals surface area contributed by atoms with E-state index in [-0.39, 0.29) is 43.7 Å². The molecule has 1 aromatic rings. The highest BCUT2D eigenvalue weighted by Gasteiger charge is 2.41. The third kappa shape index (κ3) is 15.9. The molecule has 0 bridgehead atoms. The van der Waals surface area contributed by atoms with Gasteiger partial charge in [0.1, 0.15) is 17.7 Å². The molecular weight excluding hydrogens is 662 g/mol. The lowest BCUT2D eigenvalue weighted by Gasteiger charge is -2.35. The first-order chi connectivity index (χ1) is 23.5. The number of nitrogens with one attached hydrogen (secondary N) is 4. The van der Waals surface area contributed by atoms with Gasteiger partial charge in [-0.25, -0.2) is 4.79 Å². The smallest absolute Gasteiger partial charge is 0.407 e. The largest absolute Gasteiger partial charge is 0.444 e. The van der Waals surface area contributed by atoms with Gasteiger partial charge in [0.05, 0.1) is 26.4 Å². The lowest BCUT2D eigenvalue weighted by molar-refractivity contribution is -0.144. The van der Waals surface area contributed by atoms with Crippen molar-refractivity contribution in [2.75, 3.05) is 52.3 Å². The Morgan fingerprint density at radius 3 is 2.06 bits per heavy atom. The molecule has 0 saturated carbocycles. The number of rotatable bonds is 19. The molecule has 280 valence electrons. The number of thioether (sulfide) groups is 1. The Morgan fingerprint density at radius 1 is 0.880 bits per heavy atom. The second-order valence-corrected chi connectivity index (χ2v) is 15.0. The molecule has 2 atom stereocenters. The van der Waals surface area contributed by atoms with Gasteiger partial charge in [0.25, 0.3) is 0 Å². The minimum absolute atomic E-state index is 0.0498. The van der Waals surface area contributed by atoms with Crippen molar-refractivity contribution in [3.63, 3.8) is 0 Å². The molecule has 50 heavy (non-hydrogen) atoms. The molecule has 0 aromatic heterocycles. The van der Waals surface area contributed by atoms with Crippen molar-refractivity contribution < 1.29 is 38.2 Å². The molecule has 1 heterocycles. The monoisotopic (exact) mass is 719 g/mol. The Kier molecular flexibility index (Phi) is 17.8. The summed E-state index contributed by atoms with van der Waals surface area (Å²) in [4.78, 5) is 66.3. The maximum absolute atomic E-state index is 13.8. The van der Waals surface area contributed by atoms with Gasteiger partial charge in [0.15, 0.2) is 0 Å². The zero-order valence-corrected chi connectivity index (χ0v) is 31.6. The predicted molar refractivity (Wildman–Crippen MR) is 195 cm³/mol. The molecule has 0 radical (unpaired) electrons. The van der Waals surface area contributed by atoms with Crippen molar-refractivity contribution in [3.8, 4) is 0 Å². The molecule has 0 aliphatic carbocycles. The molecule has 13 nitrogen and oxygen atoms in total. The molecule has 14 heteroatoms. The molecule has 1 aromatic carbocycles. The Hall–Kier alpha value is -3.62. The summed E-state index contributed by atoms with van der Waals surface area (Å²) in [5.41, 5.74) is 0.784. The van der Waals surface area contributed by atoms with Gasteiger partial charge < -0.3 is 40.4 Å². The number of alkyl carbamates (subject to hydrolysis) is 1. The van der Waals surface area contributed by atoms with Crippen molar-refractivity contribution in [3.05, 3.63) is 42.0 Å². The van der Waals surface area contributed by atoms with Gasteiger partial charge in [-0.2, -0.15) is 0 Å². The molecule has 1 fully saturated rings. The van der Waals surface area contributed by atoms with E-state index in [1.807, 2.05) is 51.3 Å². The van der Waals surface area contributed by atoms with E-state index in [1.165, 1.54) is 0 Å². The lowest BCUT2D eigenvalue weighted by atomic mass is 9.85. The van der Waals surface area contributed by atoms with Gasteiger partial charge in [-0.1, -0.05) is 51.6 Å². The first kappa shape index (κ1) is 42.5. The number of benzene rings is 1. The van der Waals surface area contributed by atoms with Gasteiger partial charge in [0, 0.05) is 43.9 Å². The number of hydrogen-bond acceptors (Lipinski definition) is 9. The van der Waals surface area contributed by atoms with Crippen LogP contribution in [0.25, 0.3) is 4.91 Å². The number of ether oxygens (including phenoxy) is 3. The van der Waals surface area contributed by atoms with Crippen LogP contribution in [0, 0.1) is 5.41 Å². The summed E-state index contributed by atoms with van der Waals surface area (Å²) >= 11 is 1.58. The van der Waals surface area contributed by atoms with E-state index in [0.29, 0.717) is 52.3 Å². The maximum atomic E-state index is 13.8. The molecule has 1 aliphatic rings. The fourth-order valence-electron chi connectivity index (χ4n) is 5.02. The van der Waals surface area contributed by atoms with Crippen molar-refractivity contribution in [2.45, 2.75) is 91.5 Å². The molecule has 1 saturated heterocycles. The summed E-state index contributed by atoms with van der Waals surface area (Å²) in [6.07, 6.45) is 2.55. The average Bonchev–Trinajstić information content (AvgIpc) is 3.54. The van der Waals surface area contributed by atoms with Crippen LogP contribution in [0.1, 0.15) is 78.4 Å². The van der Waals surface area contributed by atoms with Crippen molar-refractivity contribution in [1.29, 1.82) is 0 Å². The minimum Gasteiger partial charge on any atom is -0.444 e. The Bertz CT molecular complexity index is 1290. The Labute approximate surface area is 301 Å². The van der Waals surface area contributed by atoms with E-state index in [2.05, 4.69) is 27.8 Å². The number of hydrogen-bond donors (Lipinski definition) is 4. The van der Waals surface area contributed by atoms with Crippen LogP contribution in [0.4, 0.5) is 4.79 Å². The van der Waals surface area contributed by atoms with Crippen LogP contribution in [-0.4, -0.2) is 105 Å². The van der Waals surface area contributed by atoms with Gasteiger partial charge >= 0.3 is 6.09 Å². The Morgan fingerprint density at radius 2 is 1.48 bits per heavy atom. The second-order valence-electron chi connectivity index (χ2n) is 14.1. The Balaban J connectivity index is 1.71. The summed E-state index contributed by atoms with van der Waals surface area (Å²) in [6.45, 7) is 17.5. The van der Waals surface area contributed by atoms with Crippen LogP contribution in [0.15, 0.2) is 30.8 Å². The van der Waals surface area contributed by atoms with Crippen molar-refractivity contribution >= 4 is 46.4 Å². The third-order valence-electron chi connectivity index (χ3n) is 7.68. The number of amides is 5. The molecular formula is C36H57N5O8S. The van der Waals surface area contributed by atoms with E-state index in [9.17, 15) is 24.0 Å². The lowest BCUT2D eigenvalue weighted by Crippen LogP contribution is -2.57. The van der Waals surface area contributed by atoms with Gasteiger partial charge in [0.2, 0.25) is 23.6 Å². The van der Waals surface area contributed by atoms with E-state index >= 15 is 0 Å². The van der Waals surface area contributed by atoms with Crippen molar-refractivity contribution in [2.24, 2.45) is 5.41 Å². The highest BCUT2D eigenvalue weighted by molar-refractivity contribution is 8.07. The SMILES string of the molecule is C=C(SC)c1ccc(CNC(=O)[C@@H]2CCCN2C(=O)[C@@H](NC(=O)CCC(=O)NCCOCCOCCNC(=O)OC(C)(C)C)C(C)(C)C)cc1. The standard InChI is InChI=1S/C36H57N5O8S/c1-25(50-8)27-13-11-26(12-14-27)24-39-32(44)28-10-9-19-41(28)33(45)31(35(2,3)4)40-30(43)16-15-29(42)37-17-20-47-22-23-48-21-18-38-34(46)49-36(5,6)7/h11-14,28,31H,1,9-10,15-24H2,2-8H3,(H,37,42)(H,38,46)(H,39,44)(H,40,43)/t28-,31+/m0/s1. The fourth-order valence-corrected chi connectivity index (χ4v) is 5.40. The van der Waals surface area contributed by atoms with Crippen LogP contribution in [0.5, 0.6) is 0 Å². The summed E-state index contributed by atoms with van der Waals surface area (Å²) in [5, 5.41) is 11.1. The van der Waals surface area contributed by atoms with Gasteiger partial charge in [-0.15, -0.1) is 11.8 Å². The zero-order chi connectivity index (χ0) is 37.3. The topological polar surface area (TPSA) is 164 Å². The fraction of sp³-hybridized carbons (Fsp3) is 0.639. The number of carbonyl (C=O) groups is 5. The van der Waals surface area contributed by atoms with Crippen LogP contribution < -0.4 is 21.3 Å². The van der Waals surface area contributed by atoms with E-state index in [4.69, 9.17) is 14.2 Å². The number of nitrogens with zero attached hydrogens (tertiary/aromatic N) is 1. The van der Waals surface area contributed by atoms with Gasteiger partial charge in [-0.3, -0.25) is 19.2 Å². The molecule has 0 spiro atoms. The quantitative estimate of drug-likeness (QED) is 0.157. The van der Waals surface area contributed by atoms with Crippen LogP contribution >= 0.6 is 11.8 Å². The summed E-state index contributed by atoms with van der Waals surface area (Å²) in [7, 11) is 0.